The molecule has 0 aliphatic heterocycles. The number of Topliss-reactive ketones (excluding diaryl/α,β-unsaturated/α-hetero) is 1. The smallest absolute Gasteiger partial charge is 0.133 e. The van der Waals surface area contributed by atoms with E-state index in [0.29, 0.717) is 29.3 Å². The maximum Gasteiger partial charge on any atom is 0.133 e. The first-order valence-corrected chi connectivity index (χ1v) is 9.24. The minimum Gasteiger partial charge on any atom is -0.508 e. The number of aromatic hydroxyl groups is 1. The Hall–Kier alpha value is -1.31. The van der Waals surface area contributed by atoms with Gasteiger partial charge < -0.3 is 5.11 Å². The van der Waals surface area contributed by atoms with E-state index in [1.54, 1.807) is 6.92 Å². The molecule has 1 aromatic rings. The van der Waals surface area contributed by atoms with Crippen LogP contribution in [0, 0.1) is 30.1 Å². The van der Waals surface area contributed by atoms with E-state index < -0.39 is 0 Å². The second-order valence-corrected chi connectivity index (χ2v) is 8.53. The molecule has 3 aliphatic rings. The molecule has 1 aromatic carbocycles. The Kier molecular flexibility index (Phi) is 3.37. The van der Waals surface area contributed by atoms with Gasteiger partial charge in [-0.05, 0) is 104 Å². The zero-order valence-electron chi connectivity index (χ0n) is 14.6. The molecule has 0 heterocycles. The first kappa shape index (κ1) is 15.2. The number of phenols is 1. The monoisotopic (exact) mass is 312 g/mol. The molecule has 2 fully saturated rings. The van der Waals surface area contributed by atoms with Crippen molar-refractivity contribution < 1.29 is 9.90 Å². The van der Waals surface area contributed by atoms with Gasteiger partial charge in [-0.15, -0.1) is 0 Å². The maximum atomic E-state index is 12.1. The van der Waals surface area contributed by atoms with E-state index in [2.05, 4.69) is 13.8 Å². The third-order valence-corrected chi connectivity index (χ3v) is 7.55. The van der Waals surface area contributed by atoms with Crippen molar-refractivity contribution in [2.24, 2.45) is 23.2 Å². The van der Waals surface area contributed by atoms with Crippen molar-refractivity contribution in [3.8, 4) is 5.75 Å². The number of phenolic OH excluding ortho intramolecular Hbond substituents is 1. The van der Waals surface area contributed by atoms with Crippen molar-refractivity contribution in [1.82, 2.24) is 0 Å². The predicted octanol–water partition coefficient (Wildman–Crippen LogP) is 4.76. The highest BCUT2D eigenvalue weighted by Crippen LogP contribution is 2.63. The van der Waals surface area contributed by atoms with Crippen LogP contribution in [0.2, 0.25) is 0 Å². The zero-order chi connectivity index (χ0) is 16.4. The third-order valence-electron chi connectivity index (χ3n) is 7.55. The standard InChI is InChI=1S/C21H28O2/c1-12-10-14(23)11-18-15(12)4-5-17-16(18)8-9-21(3)19(13(2)22)6-7-20(17)21/h10-11,16-17,19-20,23H,4-9H2,1-3H3/t16-,17+,19+,20-,21+/m0/s1. The van der Waals surface area contributed by atoms with E-state index in [1.807, 2.05) is 12.1 Å². The highest BCUT2D eigenvalue weighted by Gasteiger charge is 2.55. The van der Waals surface area contributed by atoms with Crippen LogP contribution in [0.25, 0.3) is 0 Å². The van der Waals surface area contributed by atoms with Gasteiger partial charge in [-0.1, -0.05) is 6.92 Å². The molecule has 5 atom stereocenters. The number of fused-ring (bicyclic) bond motifs is 5. The second kappa shape index (κ2) is 5.09. The molecule has 0 bridgehead atoms. The van der Waals surface area contributed by atoms with Crippen molar-refractivity contribution in [1.29, 1.82) is 0 Å². The average molecular weight is 312 g/mol. The van der Waals surface area contributed by atoms with Crippen molar-refractivity contribution in [3.63, 3.8) is 0 Å². The van der Waals surface area contributed by atoms with Gasteiger partial charge in [0.25, 0.3) is 0 Å². The zero-order valence-corrected chi connectivity index (χ0v) is 14.6. The summed E-state index contributed by atoms with van der Waals surface area (Å²) in [7, 11) is 0. The van der Waals surface area contributed by atoms with Crippen LogP contribution in [-0.2, 0) is 11.2 Å². The molecule has 0 spiro atoms. The fourth-order valence-corrected chi connectivity index (χ4v) is 6.55. The lowest BCUT2D eigenvalue weighted by Crippen LogP contribution is -2.43. The van der Waals surface area contributed by atoms with Gasteiger partial charge in [0, 0.05) is 5.92 Å². The number of carbonyl (C=O) groups is 1. The third kappa shape index (κ3) is 2.10. The normalized spacial score (nSPS) is 38.6. The van der Waals surface area contributed by atoms with Crippen LogP contribution in [0.4, 0.5) is 0 Å². The lowest BCUT2D eigenvalue weighted by Gasteiger charge is -2.50. The van der Waals surface area contributed by atoms with Gasteiger partial charge in [0.2, 0.25) is 0 Å². The Morgan fingerprint density at radius 2 is 2.00 bits per heavy atom. The summed E-state index contributed by atoms with van der Waals surface area (Å²) >= 11 is 0. The van der Waals surface area contributed by atoms with Gasteiger partial charge in [-0.25, -0.2) is 0 Å². The topological polar surface area (TPSA) is 37.3 Å². The van der Waals surface area contributed by atoms with Gasteiger partial charge in [0.1, 0.15) is 11.5 Å². The molecular formula is C21H28O2. The van der Waals surface area contributed by atoms with Crippen LogP contribution in [0.15, 0.2) is 12.1 Å². The summed E-state index contributed by atoms with van der Waals surface area (Å²) in [6.07, 6.45) is 7.04. The van der Waals surface area contributed by atoms with Crippen molar-refractivity contribution in [2.45, 2.75) is 65.2 Å². The fraction of sp³-hybridized carbons (Fsp3) is 0.667. The van der Waals surface area contributed by atoms with E-state index in [0.717, 1.165) is 19.3 Å². The number of hydrogen-bond donors (Lipinski definition) is 1. The molecule has 2 saturated carbocycles. The molecule has 0 saturated heterocycles. The van der Waals surface area contributed by atoms with Crippen LogP contribution in [0.3, 0.4) is 0 Å². The van der Waals surface area contributed by atoms with Crippen molar-refractivity contribution >= 4 is 5.78 Å². The Labute approximate surface area is 139 Å². The molecule has 0 amide bonds. The number of benzene rings is 1. The molecule has 4 rings (SSSR count). The molecule has 0 unspecified atom stereocenters. The van der Waals surface area contributed by atoms with Gasteiger partial charge in [-0.2, -0.15) is 0 Å². The number of hydrogen-bond acceptors (Lipinski definition) is 2. The van der Waals surface area contributed by atoms with Crippen LogP contribution >= 0.6 is 0 Å². The number of carbonyl (C=O) groups excluding carboxylic acids is 1. The first-order valence-electron chi connectivity index (χ1n) is 9.24. The summed E-state index contributed by atoms with van der Waals surface area (Å²) in [5, 5.41) is 10.1. The highest BCUT2D eigenvalue weighted by molar-refractivity contribution is 5.79. The molecule has 124 valence electrons. The van der Waals surface area contributed by atoms with Crippen LogP contribution in [0.1, 0.15) is 68.6 Å². The van der Waals surface area contributed by atoms with E-state index in [4.69, 9.17) is 0 Å². The van der Waals surface area contributed by atoms with Crippen molar-refractivity contribution in [3.05, 3.63) is 28.8 Å². The minimum absolute atomic E-state index is 0.219. The van der Waals surface area contributed by atoms with Crippen LogP contribution in [0.5, 0.6) is 5.75 Å². The van der Waals surface area contributed by atoms with Gasteiger partial charge >= 0.3 is 0 Å². The molecule has 3 aliphatic carbocycles. The van der Waals surface area contributed by atoms with Gasteiger partial charge in [-0.3, -0.25) is 4.79 Å². The Bertz CT molecular complexity index is 662. The minimum atomic E-state index is 0.219. The summed E-state index contributed by atoms with van der Waals surface area (Å²) in [6.45, 7) is 6.31. The number of ketones is 1. The molecule has 2 nitrogen and oxygen atoms in total. The van der Waals surface area contributed by atoms with Crippen LogP contribution < -0.4 is 0 Å². The number of aryl methyl sites for hydroxylation is 1. The molecular weight excluding hydrogens is 284 g/mol. The van der Waals surface area contributed by atoms with E-state index in [1.165, 1.54) is 36.0 Å². The van der Waals surface area contributed by atoms with Gasteiger partial charge in [0.05, 0.1) is 0 Å². The molecule has 23 heavy (non-hydrogen) atoms. The quantitative estimate of drug-likeness (QED) is 0.811. The summed E-state index contributed by atoms with van der Waals surface area (Å²) in [5.41, 5.74) is 4.36. The van der Waals surface area contributed by atoms with Crippen LogP contribution in [-0.4, -0.2) is 10.9 Å². The summed E-state index contributed by atoms with van der Waals surface area (Å²) in [4.78, 5) is 12.1. The maximum absolute atomic E-state index is 12.1. The van der Waals surface area contributed by atoms with E-state index in [9.17, 15) is 9.90 Å². The predicted molar refractivity (Wildman–Crippen MR) is 91.6 cm³/mol. The Morgan fingerprint density at radius 3 is 2.74 bits per heavy atom. The lowest BCUT2D eigenvalue weighted by molar-refractivity contribution is -0.125. The van der Waals surface area contributed by atoms with Crippen molar-refractivity contribution in [2.75, 3.05) is 0 Å². The fourth-order valence-electron chi connectivity index (χ4n) is 6.55. The first-order chi connectivity index (χ1) is 10.9. The summed E-state index contributed by atoms with van der Waals surface area (Å²) < 4.78 is 0. The molecule has 2 heteroatoms. The SMILES string of the molecule is CC(=O)[C@H]1CC[C@H]2[C@@H]3CCc4c(C)cc(O)cc4[C@H]3CC[C@]12C. The largest absolute Gasteiger partial charge is 0.508 e. The van der Waals surface area contributed by atoms with Gasteiger partial charge in [0.15, 0.2) is 0 Å². The second-order valence-electron chi connectivity index (χ2n) is 8.53. The lowest BCUT2D eigenvalue weighted by atomic mass is 9.53. The average Bonchev–Trinajstić information content (AvgIpc) is 2.84. The Morgan fingerprint density at radius 1 is 1.22 bits per heavy atom. The molecule has 1 N–H and O–H groups in total. The Balaban J connectivity index is 1.72. The molecule has 0 aromatic heterocycles. The number of rotatable bonds is 1. The summed E-state index contributed by atoms with van der Waals surface area (Å²) in [5.74, 6) is 3.08. The highest BCUT2D eigenvalue weighted by atomic mass is 16.3. The molecule has 0 radical (unpaired) electrons. The summed E-state index contributed by atoms with van der Waals surface area (Å²) in [6, 6.07) is 3.94. The van der Waals surface area contributed by atoms with E-state index >= 15 is 0 Å². The van der Waals surface area contributed by atoms with E-state index in [-0.39, 0.29) is 11.3 Å².